The van der Waals surface area contributed by atoms with Crippen molar-refractivity contribution in [1.82, 2.24) is 14.5 Å². The van der Waals surface area contributed by atoms with Crippen LogP contribution in [0.3, 0.4) is 0 Å². The fourth-order valence-electron chi connectivity index (χ4n) is 4.45. The summed E-state index contributed by atoms with van der Waals surface area (Å²) in [6.45, 7) is 5.66. The van der Waals surface area contributed by atoms with E-state index in [9.17, 15) is 23.6 Å². The molecule has 0 aliphatic heterocycles. The minimum Gasteiger partial charge on any atom is -0.493 e. The van der Waals surface area contributed by atoms with Crippen LogP contribution in [0, 0.1) is 18.3 Å². The standard InChI is InChI=1S/C29H28N4O4S/c1-4-5-9-26-32-28(34)27(29(35)33(26)20(3)23-8-6-7-21(16-23)17-30)38(36,37)24-12-10-22(11-13-24)25-14-15-31-18-19(25)2/h6-8,10-16,18,20,35H,4-5,9H2,1-3H3/t20-/m0/s1. The molecule has 38 heavy (non-hydrogen) atoms. The van der Waals surface area contributed by atoms with E-state index in [-0.39, 0.29) is 10.7 Å². The summed E-state index contributed by atoms with van der Waals surface area (Å²) in [7, 11) is -4.41. The van der Waals surface area contributed by atoms with Crippen LogP contribution in [0.5, 0.6) is 5.88 Å². The molecule has 8 nitrogen and oxygen atoms in total. The zero-order chi connectivity index (χ0) is 27.4. The summed E-state index contributed by atoms with van der Waals surface area (Å²) in [4.78, 5) is 20.4. The maximum absolute atomic E-state index is 13.7. The molecular formula is C29H28N4O4S. The Morgan fingerprint density at radius 2 is 1.87 bits per heavy atom. The van der Waals surface area contributed by atoms with Crippen LogP contribution in [-0.4, -0.2) is 28.1 Å². The number of hydrogen-bond donors (Lipinski definition) is 1. The number of nitriles is 1. The molecule has 0 amide bonds. The molecular weight excluding hydrogens is 500 g/mol. The third-order valence-corrected chi connectivity index (χ3v) is 8.33. The number of benzene rings is 2. The molecule has 0 radical (unpaired) electrons. The van der Waals surface area contributed by atoms with E-state index in [0.29, 0.717) is 24.0 Å². The first-order chi connectivity index (χ1) is 18.2. The van der Waals surface area contributed by atoms with Gasteiger partial charge in [-0.05, 0) is 72.9 Å². The molecule has 0 saturated heterocycles. The first kappa shape index (κ1) is 26.8. The minimum absolute atomic E-state index is 0.130. The Kier molecular flexibility index (Phi) is 7.74. The van der Waals surface area contributed by atoms with Gasteiger partial charge in [0.2, 0.25) is 15.7 Å². The largest absolute Gasteiger partial charge is 0.493 e. The molecule has 2 aromatic heterocycles. The van der Waals surface area contributed by atoms with Gasteiger partial charge in [-0.3, -0.25) is 14.3 Å². The van der Waals surface area contributed by atoms with Gasteiger partial charge in [0.1, 0.15) is 5.82 Å². The molecule has 0 unspecified atom stereocenters. The van der Waals surface area contributed by atoms with E-state index in [1.807, 2.05) is 19.9 Å². The zero-order valence-corrected chi connectivity index (χ0v) is 22.2. The smallest absolute Gasteiger partial charge is 0.296 e. The number of aromatic nitrogens is 3. The monoisotopic (exact) mass is 528 g/mol. The number of pyridine rings is 1. The molecule has 0 aliphatic rings. The van der Waals surface area contributed by atoms with Gasteiger partial charge in [0.05, 0.1) is 22.6 Å². The van der Waals surface area contributed by atoms with Crippen LogP contribution < -0.4 is 5.56 Å². The van der Waals surface area contributed by atoms with Crippen LogP contribution in [-0.2, 0) is 16.3 Å². The molecule has 4 rings (SSSR count). The van der Waals surface area contributed by atoms with Gasteiger partial charge < -0.3 is 5.11 Å². The molecule has 1 atom stereocenters. The highest BCUT2D eigenvalue weighted by atomic mass is 32.2. The predicted octanol–water partition coefficient (Wildman–Crippen LogP) is 4.98. The lowest BCUT2D eigenvalue weighted by Gasteiger charge is -2.23. The topological polar surface area (TPSA) is 126 Å². The fourth-order valence-corrected chi connectivity index (χ4v) is 5.79. The molecule has 0 aliphatic carbocycles. The van der Waals surface area contributed by atoms with Crippen LogP contribution >= 0.6 is 0 Å². The third kappa shape index (κ3) is 5.08. The van der Waals surface area contributed by atoms with Gasteiger partial charge in [0.15, 0.2) is 4.90 Å². The first-order valence-electron chi connectivity index (χ1n) is 12.3. The summed E-state index contributed by atoms with van der Waals surface area (Å²) >= 11 is 0. The van der Waals surface area contributed by atoms with Crippen LogP contribution in [0.15, 0.2) is 81.6 Å². The van der Waals surface area contributed by atoms with Gasteiger partial charge in [-0.1, -0.05) is 37.6 Å². The maximum atomic E-state index is 13.7. The molecule has 4 aromatic rings. The minimum atomic E-state index is -4.41. The summed E-state index contributed by atoms with van der Waals surface area (Å²) in [6.07, 6.45) is 5.27. The number of aryl methyl sites for hydroxylation is 2. The second-order valence-corrected chi connectivity index (χ2v) is 11.0. The van der Waals surface area contributed by atoms with Crippen molar-refractivity contribution in [2.45, 2.75) is 55.9 Å². The van der Waals surface area contributed by atoms with Gasteiger partial charge in [0, 0.05) is 18.8 Å². The Balaban J connectivity index is 1.85. The van der Waals surface area contributed by atoms with Gasteiger partial charge in [-0.15, -0.1) is 0 Å². The average Bonchev–Trinajstić information content (AvgIpc) is 2.91. The summed E-state index contributed by atoms with van der Waals surface area (Å²) in [5, 5.41) is 20.7. The average molecular weight is 529 g/mol. The van der Waals surface area contributed by atoms with E-state index in [1.54, 1.807) is 55.7 Å². The number of rotatable bonds is 8. The van der Waals surface area contributed by atoms with Crippen molar-refractivity contribution in [1.29, 1.82) is 5.26 Å². The van der Waals surface area contributed by atoms with E-state index >= 15 is 0 Å². The Morgan fingerprint density at radius 3 is 2.53 bits per heavy atom. The molecule has 9 heteroatoms. The summed E-state index contributed by atoms with van der Waals surface area (Å²) in [5.41, 5.74) is 2.73. The maximum Gasteiger partial charge on any atom is 0.296 e. The number of sulfone groups is 1. The van der Waals surface area contributed by atoms with Crippen molar-refractivity contribution in [3.05, 3.63) is 99.9 Å². The number of nitrogens with zero attached hydrogens (tertiary/aromatic N) is 4. The molecule has 0 fully saturated rings. The van der Waals surface area contributed by atoms with Gasteiger partial charge in [-0.25, -0.2) is 8.42 Å². The highest BCUT2D eigenvalue weighted by Gasteiger charge is 2.31. The van der Waals surface area contributed by atoms with Crippen LogP contribution in [0.1, 0.15) is 55.2 Å². The van der Waals surface area contributed by atoms with Crippen molar-refractivity contribution >= 4 is 9.84 Å². The van der Waals surface area contributed by atoms with E-state index in [4.69, 9.17) is 0 Å². The van der Waals surface area contributed by atoms with Crippen molar-refractivity contribution in [2.75, 3.05) is 0 Å². The van der Waals surface area contributed by atoms with E-state index < -0.39 is 32.2 Å². The zero-order valence-electron chi connectivity index (χ0n) is 21.4. The van der Waals surface area contributed by atoms with Gasteiger partial charge in [0.25, 0.3) is 5.56 Å². The molecule has 0 bridgehead atoms. The summed E-state index contributed by atoms with van der Waals surface area (Å²) in [5.74, 6) is -0.383. The Morgan fingerprint density at radius 1 is 1.13 bits per heavy atom. The number of unbranched alkanes of at least 4 members (excludes halogenated alkanes) is 1. The number of hydrogen-bond acceptors (Lipinski definition) is 7. The summed E-state index contributed by atoms with van der Waals surface area (Å²) in [6, 6.07) is 16.3. The van der Waals surface area contributed by atoms with Crippen molar-refractivity contribution < 1.29 is 13.5 Å². The highest BCUT2D eigenvalue weighted by molar-refractivity contribution is 7.91. The molecule has 1 N–H and O–H groups in total. The van der Waals surface area contributed by atoms with Gasteiger partial charge >= 0.3 is 0 Å². The van der Waals surface area contributed by atoms with Crippen molar-refractivity contribution in [3.8, 4) is 23.1 Å². The normalized spacial score (nSPS) is 12.2. The van der Waals surface area contributed by atoms with Crippen molar-refractivity contribution in [2.24, 2.45) is 0 Å². The quantitative estimate of drug-likeness (QED) is 0.342. The second-order valence-electron chi connectivity index (χ2n) is 9.09. The van der Waals surface area contributed by atoms with E-state index in [1.165, 1.54) is 16.7 Å². The first-order valence-corrected chi connectivity index (χ1v) is 13.8. The predicted molar refractivity (Wildman–Crippen MR) is 144 cm³/mol. The third-order valence-electron chi connectivity index (χ3n) is 6.54. The van der Waals surface area contributed by atoms with Crippen LogP contribution in [0.2, 0.25) is 0 Å². The van der Waals surface area contributed by atoms with Gasteiger partial charge in [-0.2, -0.15) is 10.2 Å². The summed E-state index contributed by atoms with van der Waals surface area (Å²) < 4.78 is 28.7. The van der Waals surface area contributed by atoms with Crippen molar-refractivity contribution in [3.63, 3.8) is 0 Å². The molecule has 2 heterocycles. The lowest BCUT2D eigenvalue weighted by molar-refractivity contribution is 0.369. The Labute approximate surface area is 221 Å². The lowest BCUT2D eigenvalue weighted by atomic mass is 10.0. The molecule has 0 saturated carbocycles. The van der Waals surface area contributed by atoms with E-state index in [0.717, 1.165) is 23.1 Å². The highest BCUT2D eigenvalue weighted by Crippen LogP contribution is 2.33. The lowest BCUT2D eigenvalue weighted by Crippen LogP contribution is -2.27. The van der Waals surface area contributed by atoms with Crippen LogP contribution in [0.4, 0.5) is 0 Å². The molecule has 0 spiro atoms. The molecule has 194 valence electrons. The number of aromatic hydroxyl groups is 1. The van der Waals surface area contributed by atoms with Crippen LogP contribution in [0.25, 0.3) is 11.1 Å². The molecule has 2 aromatic carbocycles. The Hall–Kier alpha value is -4.29. The fraction of sp³-hybridized carbons (Fsp3) is 0.241. The SMILES string of the molecule is CCCCc1nc(=O)c(S(=O)(=O)c2ccc(-c3ccncc3C)cc2)c(O)n1[C@@H](C)c1cccc(C#N)c1. The Bertz CT molecular complexity index is 1690. The van der Waals surface area contributed by atoms with E-state index in [2.05, 4.69) is 16.0 Å². The second kappa shape index (κ2) is 11.0.